The van der Waals surface area contributed by atoms with Crippen LogP contribution in [-0.2, 0) is 6.54 Å². The van der Waals surface area contributed by atoms with Crippen LogP contribution in [0.15, 0.2) is 18.3 Å². The molecule has 1 aromatic heterocycles. The van der Waals surface area contributed by atoms with Gasteiger partial charge in [-0.25, -0.2) is 0 Å². The molecule has 1 rings (SSSR count). The number of hydrogen-bond donors (Lipinski definition) is 1. The van der Waals surface area contributed by atoms with E-state index in [1.54, 1.807) is 6.20 Å². The van der Waals surface area contributed by atoms with Gasteiger partial charge >= 0.3 is 0 Å². The molecular weight excluding hydrogens is 188 g/mol. The van der Waals surface area contributed by atoms with Gasteiger partial charge in [-0.05, 0) is 25.1 Å². The summed E-state index contributed by atoms with van der Waals surface area (Å²) in [5.41, 5.74) is 1.01. The molecule has 80 valence electrons. The van der Waals surface area contributed by atoms with Crippen LogP contribution in [0.5, 0.6) is 5.75 Å². The molecule has 0 saturated heterocycles. The summed E-state index contributed by atoms with van der Waals surface area (Å²) in [6.07, 6.45) is 7.90. The third kappa shape index (κ3) is 4.48. The lowest BCUT2D eigenvalue weighted by molar-refractivity contribution is 0.368. The van der Waals surface area contributed by atoms with Crippen molar-refractivity contribution in [1.82, 2.24) is 10.3 Å². The Balaban J connectivity index is 2.39. The van der Waals surface area contributed by atoms with Crippen molar-refractivity contribution in [3.63, 3.8) is 0 Å². The van der Waals surface area contributed by atoms with Crippen molar-refractivity contribution in [3.8, 4) is 18.1 Å². The molecule has 1 N–H and O–H groups in total. The van der Waals surface area contributed by atoms with Crippen LogP contribution in [0.4, 0.5) is 0 Å². The van der Waals surface area contributed by atoms with Gasteiger partial charge in [-0.3, -0.25) is 4.98 Å². The highest BCUT2D eigenvalue weighted by Gasteiger charge is 1.95. The van der Waals surface area contributed by atoms with E-state index < -0.39 is 0 Å². The molecule has 0 aliphatic heterocycles. The van der Waals surface area contributed by atoms with Gasteiger partial charge in [-0.2, -0.15) is 0 Å². The van der Waals surface area contributed by atoms with Crippen molar-refractivity contribution >= 4 is 0 Å². The Labute approximate surface area is 90.9 Å². The summed E-state index contributed by atoms with van der Waals surface area (Å²) in [4.78, 5) is 4.25. The van der Waals surface area contributed by atoms with Crippen molar-refractivity contribution in [2.24, 2.45) is 0 Å². The molecule has 0 aromatic carbocycles. The summed E-state index contributed by atoms with van der Waals surface area (Å²) in [6.45, 7) is 4.23. The first-order valence-electron chi connectivity index (χ1n) is 5.08. The number of hydrogen-bond acceptors (Lipinski definition) is 3. The topological polar surface area (TPSA) is 34.1 Å². The summed E-state index contributed by atoms with van der Waals surface area (Å²) in [5.74, 6) is 3.13. The van der Waals surface area contributed by atoms with Gasteiger partial charge in [0.1, 0.15) is 12.4 Å². The third-order valence-electron chi connectivity index (χ3n) is 1.85. The minimum Gasteiger partial charge on any atom is -0.479 e. The molecule has 3 nitrogen and oxygen atoms in total. The molecule has 1 heterocycles. The SMILES string of the molecule is C#CCOc1ccc(CNCCC)nc1. The second-order valence-corrected chi connectivity index (χ2v) is 3.15. The van der Waals surface area contributed by atoms with Crippen LogP contribution in [0.25, 0.3) is 0 Å². The Morgan fingerprint density at radius 3 is 3.00 bits per heavy atom. The fourth-order valence-electron chi connectivity index (χ4n) is 1.12. The van der Waals surface area contributed by atoms with Crippen molar-refractivity contribution < 1.29 is 4.74 Å². The molecule has 0 aliphatic carbocycles. The van der Waals surface area contributed by atoms with Crippen molar-refractivity contribution in [2.75, 3.05) is 13.2 Å². The Morgan fingerprint density at radius 1 is 1.53 bits per heavy atom. The highest BCUT2D eigenvalue weighted by molar-refractivity contribution is 5.20. The second-order valence-electron chi connectivity index (χ2n) is 3.15. The van der Waals surface area contributed by atoms with E-state index in [0.717, 1.165) is 25.2 Å². The normalized spacial score (nSPS) is 9.60. The standard InChI is InChI=1S/C12H16N2O/c1-3-7-13-9-11-5-6-12(10-14-11)15-8-4-2/h2,5-6,10,13H,3,7-9H2,1H3. The first-order chi connectivity index (χ1) is 7.36. The molecule has 0 spiro atoms. The molecule has 0 aliphatic rings. The van der Waals surface area contributed by atoms with Crippen molar-refractivity contribution in [2.45, 2.75) is 19.9 Å². The number of nitrogens with zero attached hydrogens (tertiary/aromatic N) is 1. The van der Waals surface area contributed by atoms with E-state index in [-0.39, 0.29) is 6.61 Å². The lowest BCUT2D eigenvalue weighted by atomic mass is 10.3. The fourth-order valence-corrected chi connectivity index (χ4v) is 1.12. The summed E-state index contributed by atoms with van der Waals surface area (Å²) < 4.78 is 5.22. The van der Waals surface area contributed by atoms with Gasteiger partial charge in [-0.15, -0.1) is 6.42 Å². The molecule has 0 atom stereocenters. The van der Waals surface area contributed by atoms with Crippen LogP contribution in [0.3, 0.4) is 0 Å². The number of pyridine rings is 1. The first kappa shape index (κ1) is 11.5. The van der Waals surface area contributed by atoms with Gasteiger partial charge in [-0.1, -0.05) is 12.8 Å². The summed E-state index contributed by atoms with van der Waals surface area (Å²) in [6, 6.07) is 3.82. The smallest absolute Gasteiger partial charge is 0.148 e. The van der Waals surface area contributed by atoms with Crippen LogP contribution in [0.2, 0.25) is 0 Å². The summed E-state index contributed by atoms with van der Waals surface area (Å²) in [5, 5.41) is 3.28. The summed E-state index contributed by atoms with van der Waals surface area (Å²) >= 11 is 0. The predicted octanol–water partition coefficient (Wildman–Crippen LogP) is 1.59. The third-order valence-corrected chi connectivity index (χ3v) is 1.85. The zero-order chi connectivity index (χ0) is 10.9. The number of nitrogens with one attached hydrogen (secondary N) is 1. The second kappa shape index (κ2) is 6.86. The quantitative estimate of drug-likeness (QED) is 0.564. The Morgan fingerprint density at radius 2 is 2.40 bits per heavy atom. The van der Waals surface area contributed by atoms with Crippen molar-refractivity contribution in [1.29, 1.82) is 0 Å². The highest BCUT2D eigenvalue weighted by atomic mass is 16.5. The van der Waals surface area contributed by atoms with E-state index in [2.05, 4.69) is 23.1 Å². The highest BCUT2D eigenvalue weighted by Crippen LogP contribution is 2.08. The molecule has 0 radical (unpaired) electrons. The largest absolute Gasteiger partial charge is 0.479 e. The van der Waals surface area contributed by atoms with E-state index in [1.165, 1.54) is 0 Å². The monoisotopic (exact) mass is 204 g/mol. The Hall–Kier alpha value is -1.53. The maximum Gasteiger partial charge on any atom is 0.148 e. The van der Waals surface area contributed by atoms with Gasteiger partial charge in [0.2, 0.25) is 0 Å². The van der Waals surface area contributed by atoms with Crippen LogP contribution >= 0.6 is 0 Å². The molecular formula is C12H16N2O. The van der Waals surface area contributed by atoms with E-state index in [9.17, 15) is 0 Å². The van der Waals surface area contributed by atoms with Crippen LogP contribution in [-0.4, -0.2) is 18.1 Å². The molecule has 0 fully saturated rings. The molecule has 1 aromatic rings. The van der Waals surface area contributed by atoms with Crippen LogP contribution < -0.4 is 10.1 Å². The average Bonchev–Trinajstić information content (AvgIpc) is 2.28. The van der Waals surface area contributed by atoms with E-state index in [1.807, 2.05) is 12.1 Å². The minimum atomic E-state index is 0.287. The molecule has 0 saturated carbocycles. The van der Waals surface area contributed by atoms with Crippen LogP contribution in [0.1, 0.15) is 19.0 Å². The number of aromatic nitrogens is 1. The molecule has 15 heavy (non-hydrogen) atoms. The lowest BCUT2D eigenvalue weighted by Crippen LogP contribution is -2.14. The molecule has 0 bridgehead atoms. The number of terminal acetylenes is 1. The Bertz CT molecular complexity index is 313. The minimum absolute atomic E-state index is 0.287. The molecule has 0 unspecified atom stereocenters. The summed E-state index contributed by atoms with van der Waals surface area (Å²) in [7, 11) is 0. The van der Waals surface area contributed by atoms with Gasteiger partial charge < -0.3 is 10.1 Å². The first-order valence-corrected chi connectivity index (χ1v) is 5.08. The number of rotatable bonds is 6. The molecule has 3 heteroatoms. The van der Waals surface area contributed by atoms with Gasteiger partial charge in [0.15, 0.2) is 0 Å². The zero-order valence-corrected chi connectivity index (χ0v) is 8.99. The van der Waals surface area contributed by atoms with E-state index >= 15 is 0 Å². The Kier molecular flexibility index (Phi) is 5.28. The van der Waals surface area contributed by atoms with E-state index in [4.69, 9.17) is 11.2 Å². The van der Waals surface area contributed by atoms with Crippen LogP contribution in [0, 0.1) is 12.3 Å². The van der Waals surface area contributed by atoms with E-state index in [0.29, 0.717) is 5.75 Å². The lowest BCUT2D eigenvalue weighted by Gasteiger charge is -2.04. The predicted molar refractivity (Wildman–Crippen MR) is 60.6 cm³/mol. The van der Waals surface area contributed by atoms with Crippen molar-refractivity contribution in [3.05, 3.63) is 24.0 Å². The zero-order valence-electron chi connectivity index (χ0n) is 8.99. The maximum atomic E-state index is 5.22. The van der Waals surface area contributed by atoms with Gasteiger partial charge in [0.25, 0.3) is 0 Å². The molecule has 0 amide bonds. The number of ether oxygens (including phenoxy) is 1. The van der Waals surface area contributed by atoms with Gasteiger partial charge in [0.05, 0.1) is 11.9 Å². The van der Waals surface area contributed by atoms with Gasteiger partial charge in [0, 0.05) is 6.54 Å². The fraction of sp³-hybridized carbons (Fsp3) is 0.417. The average molecular weight is 204 g/mol. The maximum absolute atomic E-state index is 5.22.